The fourth-order valence-corrected chi connectivity index (χ4v) is 3.21. The Kier molecular flexibility index (Phi) is 3.74. The third-order valence-corrected chi connectivity index (χ3v) is 4.56. The van der Waals surface area contributed by atoms with Crippen LogP contribution in [0.25, 0.3) is 16.3 Å². The van der Waals surface area contributed by atoms with E-state index in [-0.39, 0.29) is 0 Å². The van der Waals surface area contributed by atoms with Crippen LogP contribution in [-0.2, 0) is 6.61 Å². The molecule has 0 N–H and O–H groups in total. The summed E-state index contributed by atoms with van der Waals surface area (Å²) in [5.74, 6) is 1.59. The first-order valence-corrected chi connectivity index (χ1v) is 8.48. The number of hydrogen-bond acceptors (Lipinski definition) is 5. The molecule has 0 fully saturated rings. The van der Waals surface area contributed by atoms with Gasteiger partial charge < -0.3 is 4.74 Å². The monoisotopic (exact) mass is 336 g/mol. The van der Waals surface area contributed by atoms with E-state index in [1.807, 2.05) is 36.4 Å². The summed E-state index contributed by atoms with van der Waals surface area (Å²) in [6, 6.07) is 16.2. The van der Waals surface area contributed by atoms with Gasteiger partial charge in [0.2, 0.25) is 4.96 Å². The summed E-state index contributed by atoms with van der Waals surface area (Å²) in [4.78, 5) is 0.772. The van der Waals surface area contributed by atoms with Crippen molar-refractivity contribution < 1.29 is 4.74 Å². The molecule has 4 aromatic rings. The second kappa shape index (κ2) is 6.05. The zero-order valence-corrected chi connectivity index (χ0v) is 14.2. The van der Waals surface area contributed by atoms with Crippen LogP contribution < -0.4 is 4.74 Å². The van der Waals surface area contributed by atoms with Crippen LogP contribution >= 0.6 is 11.3 Å². The summed E-state index contributed by atoms with van der Waals surface area (Å²) >= 11 is 1.49. The number of aromatic nitrogens is 4. The van der Waals surface area contributed by atoms with Gasteiger partial charge in [0.1, 0.15) is 12.4 Å². The molecule has 0 saturated carbocycles. The predicted molar refractivity (Wildman–Crippen MR) is 94.3 cm³/mol. The highest BCUT2D eigenvalue weighted by Crippen LogP contribution is 2.23. The molecule has 0 amide bonds. The van der Waals surface area contributed by atoms with E-state index >= 15 is 0 Å². The standard InChI is InChI=1S/C18H16N4OS/c1-12-6-8-15(9-7-12)23-11-16-21-22-17(19-20-18(22)24-16)14-5-3-4-13(2)10-14/h3-10H,11H2,1-2H3. The Hall–Kier alpha value is -2.73. The van der Waals surface area contributed by atoms with Crippen LogP contribution in [0.15, 0.2) is 48.5 Å². The van der Waals surface area contributed by atoms with E-state index in [1.54, 1.807) is 4.52 Å². The van der Waals surface area contributed by atoms with Gasteiger partial charge in [-0.05, 0) is 32.0 Å². The molecule has 0 saturated heterocycles. The fraction of sp³-hybridized carbons (Fsp3) is 0.167. The Morgan fingerprint density at radius 1 is 1.00 bits per heavy atom. The maximum atomic E-state index is 5.80. The van der Waals surface area contributed by atoms with E-state index in [1.165, 1.54) is 22.5 Å². The van der Waals surface area contributed by atoms with Gasteiger partial charge in [0.15, 0.2) is 10.8 Å². The molecule has 0 atom stereocenters. The van der Waals surface area contributed by atoms with Crippen molar-refractivity contribution >= 4 is 16.3 Å². The molecule has 0 aliphatic rings. The molecule has 120 valence electrons. The molecule has 0 aliphatic carbocycles. The first-order chi connectivity index (χ1) is 11.7. The molecule has 0 aliphatic heterocycles. The van der Waals surface area contributed by atoms with Crippen molar-refractivity contribution in [2.24, 2.45) is 0 Å². The summed E-state index contributed by atoms with van der Waals surface area (Å²) in [7, 11) is 0. The third-order valence-electron chi connectivity index (χ3n) is 3.69. The summed E-state index contributed by atoms with van der Waals surface area (Å²) in [6.45, 7) is 4.54. The number of aryl methyl sites for hydroxylation is 2. The Balaban J connectivity index is 1.59. The maximum Gasteiger partial charge on any atom is 0.235 e. The van der Waals surface area contributed by atoms with Crippen molar-refractivity contribution in [3.63, 3.8) is 0 Å². The van der Waals surface area contributed by atoms with Crippen LogP contribution in [0.3, 0.4) is 0 Å². The number of ether oxygens (including phenoxy) is 1. The van der Waals surface area contributed by atoms with Gasteiger partial charge in [-0.2, -0.15) is 9.61 Å². The van der Waals surface area contributed by atoms with Gasteiger partial charge in [0.25, 0.3) is 0 Å². The molecule has 2 aromatic carbocycles. The van der Waals surface area contributed by atoms with Gasteiger partial charge in [-0.3, -0.25) is 0 Å². The molecular formula is C18H16N4OS. The molecule has 4 rings (SSSR count). The Labute approximate surface area is 143 Å². The Morgan fingerprint density at radius 2 is 1.83 bits per heavy atom. The largest absolute Gasteiger partial charge is 0.486 e. The topological polar surface area (TPSA) is 52.3 Å². The van der Waals surface area contributed by atoms with Crippen LogP contribution in [-0.4, -0.2) is 19.8 Å². The lowest BCUT2D eigenvalue weighted by atomic mass is 10.1. The normalized spacial score (nSPS) is 11.1. The van der Waals surface area contributed by atoms with Gasteiger partial charge in [0.05, 0.1) is 0 Å². The highest BCUT2D eigenvalue weighted by molar-refractivity contribution is 7.16. The molecular weight excluding hydrogens is 320 g/mol. The van der Waals surface area contributed by atoms with Gasteiger partial charge in [0, 0.05) is 5.56 Å². The molecule has 2 heterocycles. The maximum absolute atomic E-state index is 5.80. The second-order valence-electron chi connectivity index (χ2n) is 5.68. The minimum atomic E-state index is 0.421. The van der Waals surface area contributed by atoms with E-state index in [0.29, 0.717) is 6.61 Å². The van der Waals surface area contributed by atoms with E-state index < -0.39 is 0 Å². The van der Waals surface area contributed by atoms with Crippen molar-refractivity contribution in [2.45, 2.75) is 20.5 Å². The molecule has 5 nitrogen and oxygen atoms in total. The van der Waals surface area contributed by atoms with Gasteiger partial charge in [-0.25, -0.2) is 0 Å². The zero-order chi connectivity index (χ0) is 16.5. The fourth-order valence-electron chi connectivity index (χ4n) is 2.46. The number of hydrogen-bond donors (Lipinski definition) is 0. The minimum Gasteiger partial charge on any atom is -0.486 e. The number of nitrogens with zero attached hydrogens (tertiary/aromatic N) is 4. The van der Waals surface area contributed by atoms with Crippen molar-refractivity contribution in [1.29, 1.82) is 0 Å². The summed E-state index contributed by atoms with van der Waals surface area (Å²) in [5, 5.41) is 13.9. The first kappa shape index (κ1) is 14.8. The predicted octanol–water partition coefficient (Wildman–Crippen LogP) is 4.05. The van der Waals surface area contributed by atoms with Crippen LogP contribution in [0.5, 0.6) is 5.75 Å². The van der Waals surface area contributed by atoms with Gasteiger partial charge in [-0.1, -0.05) is 52.8 Å². The van der Waals surface area contributed by atoms with Crippen molar-refractivity contribution in [1.82, 2.24) is 19.8 Å². The molecule has 0 spiro atoms. The van der Waals surface area contributed by atoms with Crippen molar-refractivity contribution in [3.8, 4) is 17.1 Å². The lowest BCUT2D eigenvalue weighted by Gasteiger charge is -2.03. The van der Waals surface area contributed by atoms with Crippen LogP contribution in [0, 0.1) is 13.8 Å². The number of rotatable bonds is 4. The van der Waals surface area contributed by atoms with Crippen LogP contribution in [0.2, 0.25) is 0 Å². The average Bonchev–Trinajstić information content (AvgIpc) is 3.14. The molecule has 0 radical (unpaired) electrons. The molecule has 0 unspecified atom stereocenters. The molecule has 6 heteroatoms. The average molecular weight is 336 g/mol. The zero-order valence-electron chi connectivity index (χ0n) is 13.4. The highest BCUT2D eigenvalue weighted by Gasteiger charge is 2.13. The quantitative estimate of drug-likeness (QED) is 0.564. The van der Waals surface area contributed by atoms with Gasteiger partial charge in [-0.15, -0.1) is 10.2 Å². The summed E-state index contributed by atoms with van der Waals surface area (Å²) < 4.78 is 7.58. The summed E-state index contributed by atoms with van der Waals surface area (Å²) in [5.41, 5.74) is 3.41. The van der Waals surface area contributed by atoms with Crippen LogP contribution in [0.1, 0.15) is 16.1 Å². The second-order valence-corrected chi connectivity index (χ2v) is 6.73. The van der Waals surface area contributed by atoms with E-state index in [2.05, 4.69) is 41.3 Å². The van der Waals surface area contributed by atoms with Gasteiger partial charge >= 0.3 is 0 Å². The van der Waals surface area contributed by atoms with Crippen LogP contribution in [0.4, 0.5) is 0 Å². The van der Waals surface area contributed by atoms with E-state index in [9.17, 15) is 0 Å². The number of benzene rings is 2. The third kappa shape index (κ3) is 2.88. The molecule has 2 aromatic heterocycles. The molecule has 24 heavy (non-hydrogen) atoms. The first-order valence-electron chi connectivity index (χ1n) is 7.67. The minimum absolute atomic E-state index is 0.421. The van der Waals surface area contributed by atoms with E-state index in [0.717, 1.165) is 27.1 Å². The summed E-state index contributed by atoms with van der Waals surface area (Å²) in [6.07, 6.45) is 0. The Bertz CT molecular complexity index is 988. The molecule has 0 bridgehead atoms. The lowest BCUT2D eigenvalue weighted by Crippen LogP contribution is -1.97. The SMILES string of the molecule is Cc1ccc(OCc2nn3c(-c4cccc(C)c4)nnc3s2)cc1. The van der Waals surface area contributed by atoms with Crippen molar-refractivity contribution in [2.75, 3.05) is 0 Å². The highest BCUT2D eigenvalue weighted by atomic mass is 32.1. The smallest absolute Gasteiger partial charge is 0.235 e. The van der Waals surface area contributed by atoms with Crippen molar-refractivity contribution in [3.05, 3.63) is 64.7 Å². The Morgan fingerprint density at radius 3 is 2.62 bits per heavy atom. The number of fused-ring (bicyclic) bond motifs is 1. The van der Waals surface area contributed by atoms with E-state index in [4.69, 9.17) is 4.74 Å². The lowest BCUT2D eigenvalue weighted by molar-refractivity contribution is 0.304.